The zero-order chi connectivity index (χ0) is 10.2. The van der Waals surface area contributed by atoms with E-state index in [1.165, 1.54) is 32.2 Å². The van der Waals surface area contributed by atoms with Crippen molar-refractivity contribution >= 4 is 0 Å². The number of likely N-dealkylation sites (N-methyl/N-ethyl adjacent to an activating group) is 1. The summed E-state index contributed by atoms with van der Waals surface area (Å²) >= 11 is 0. The van der Waals surface area contributed by atoms with Gasteiger partial charge in [-0.3, -0.25) is 0 Å². The Balaban J connectivity index is 1.99. The third-order valence-corrected chi connectivity index (χ3v) is 3.11. The molecule has 1 aliphatic rings. The van der Waals surface area contributed by atoms with Crippen LogP contribution in [-0.4, -0.2) is 44.2 Å². The highest BCUT2D eigenvalue weighted by Crippen LogP contribution is 2.13. The lowest BCUT2D eigenvalue weighted by molar-refractivity contribution is 0.181. The monoisotopic (exact) mass is 199 g/mol. The first-order valence-corrected chi connectivity index (χ1v) is 5.95. The summed E-state index contributed by atoms with van der Waals surface area (Å²) in [6.07, 6.45) is 6.50. The summed E-state index contributed by atoms with van der Waals surface area (Å²) < 4.78 is 0. The van der Waals surface area contributed by atoms with E-state index in [1.54, 1.807) is 0 Å². The molecule has 3 nitrogen and oxygen atoms in total. The fourth-order valence-corrected chi connectivity index (χ4v) is 2.07. The van der Waals surface area contributed by atoms with Gasteiger partial charge in [-0.25, -0.2) is 0 Å². The van der Waals surface area contributed by atoms with Gasteiger partial charge < -0.3 is 16.0 Å². The maximum Gasteiger partial charge on any atom is 0.0217 e. The van der Waals surface area contributed by atoms with Crippen LogP contribution in [0, 0.1) is 0 Å². The molecule has 1 aliphatic heterocycles. The van der Waals surface area contributed by atoms with Crippen molar-refractivity contribution in [1.29, 1.82) is 0 Å². The normalized spacial score (nSPS) is 24.0. The summed E-state index contributed by atoms with van der Waals surface area (Å²) in [4.78, 5) is 2.49. The molecular formula is C11H25N3. The molecule has 1 heterocycles. The van der Waals surface area contributed by atoms with Crippen molar-refractivity contribution in [2.45, 2.75) is 38.1 Å². The number of hydrogen-bond acceptors (Lipinski definition) is 3. The Kier molecular flexibility index (Phi) is 6.15. The number of rotatable bonds is 6. The van der Waals surface area contributed by atoms with Crippen LogP contribution in [0.3, 0.4) is 0 Å². The molecule has 0 radical (unpaired) electrons. The quantitative estimate of drug-likeness (QED) is 0.622. The van der Waals surface area contributed by atoms with Crippen molar-refractivity contribution < 1.29 is 0 Å². The summed E-state index contributed by atoms with van der Waals surface area (Å²) in [5.41, 5.74) is 5.44. The lowest BCUT2D eigenvalue weighted by Gasteiger charge is -2.32. The van der Waals surface area contributed by atoms with Crippen LogP contribution < -0.4 is 11.1 Å². The average molecular weight is 199 g/mol. The van der Waals surface area contributed by atoms with Crippen molar-refractivity contribution in [3.8, 4) is 0 Å². The number of unbranched alkanes of at least 4 members (excludes halogenated alkanes) is 1. The average Bonchev–Trinajstić information content (AvgIpc) is 2.20. The fourth-order valence-electron chi connectivity index (χ4n) is 2.07. The van der Waals surface area contributed by atoms with E-state index in [-0.39, 0.29) is 0 Å². The van der Waals surface area contributed by atoms with Gasteiger partial charge in [0, 0.05) is 12.6 Å². The standard InChI is InChI=1S/C11H25N3/c1-14-9-5-2-6-11(14)10-13-8-4-3-7-12/h11,13H,2-10,12H2,1H3. The Labute approximate surface area is 88.0 Å². The number of nitrogens with zero attached hydrogens (tertiary/aromatic N) is 1. The number of nitrogens with one attached hydrogen (secondary N) is 1. The minimum Gasteiger partial charge on any atom is -0.330 e. The molecule has 0 spiro atoms. The summed E-state index contributed by atoms with van der Waals surface area (Å²) in [6.45, 7) is 4.38. The summed E-state index contributed by atoms with van der Waals surface area (Å²) in [7, 11) is 2.24. The van der Waals surface area contributed by atoms with Gasteiger partial charge in [0.15, 0.2) is 0 Å². The van der Waals surface area contributed by atoms with Gasteiger partial charge in [0.2, 0.25) is 0 Å². The number of piperidine rings is 1. The second-order valence-electron chi connectivity index (χ2n) is 4.33. The molecule has 1 rings (SSSR count). The van der Waals surface area contributed by atoms with Crippen LogP contribution in [0.15, 0.2) is 0 Å². The molecule has 0 saturated carbocycles. The van der Waals surface area contributed by atoms with Gasteiger partial charge in [-0.1, -0.05) is 6.42 Å². The Bertz CT molecular complexity index is 138. The zero-order valence-electron chi connectivity index (χ0n) is 9.47. The largest absolute Gasteiger partial charge is 0.330 e. The SMILES string of the molecule is CN1CCCCC1CNCCCCN. The molecule has 0 aromatic carbocycles. The zero-order valence-corrected chi connectivity index (χ0v) is 9.47. The van der Waals surface area contributed by atoms with Crippen LogP contribution in [0.25, 0.3) is 0 Å². The predicted molar refractivity (Wildman–Crippen MR) is 61.4 cm³/mol. The van der Waals surface area contributed by atoms with Gasteiger partial charge >= 0.3 is 0 Å². The Morgan fingerprint density at radius 2 is 2.21 bits per heavy atom. The first kappa shape index (κ1) is 12.0. The molecule has 1 saturated heterocycles. The van der Waals surface area contributed by atoms with Gasteiger partial charge in [-0.05, 0) is 52.4 Å². The van der Waals surface area contributed by atoms with E-state index in [4.69, 9.17) is 5.73 Å². The van der Waals surface area contributed by atoms with E-state index in [0.717, 1.165) is 32.1 Å². The maximum atomic E-state index is 5.44. The smallest absolute Gasteiger partial charge is 0.0217 e. The van der Waals surface area contributed by atoms with Crippen LogP contribution in [0.5, 0.6) is 0 Å². The number of hydrogen-bond donors (Lipinski definition) is 2. The summed E-state index contributed by atoms with van der Waals surface area (Å²) in [5.74, 6) is 0. The van der Waals surface area contributed by atoms with Gasteiger partial charge in [-0.2, -0.15) is 0 Å². The molecular weight excluding hydrogens is 174 g/mol. The third kappa shape index (κ3) is 4.40. The van der Waals surface area contributed by atoms with Crippen molar-refractivity contribution in [2.75, 3.05) is 33.2 Å². The van der Waals surface area contributed by atoms with Gasteiger partial charge in [-0.15, -0.1) is 0 Å². The van der Waals surface area contributed by atoms with Crippen molar-refractivity contribution in [1.82, 2.24) is 10.2 Å². The molecule has 3 N–H and O–H groups in total. The molecule has 14 heavy (non-hydrogen) atoms. The van der Waals surface area contributed by atoms with E-state index in [1.807, 2.05) is 0 Å². The highest BCUT2D eigenvalue weighted by Gasteiger charge is 2.17. The van der Waals surface area contributed by atoms with E-state index in [2.05, 4.69) is 17.3 Å². The summed E-state index contributed by atoms with van der Waals surface area (Å²) in [6, 6.07) is 0.765. The van der Waals surface area contributed by atoms with E-state index >= 15 is 0 Å². The molecule has 0 aromatic rings. The van der Waals surface area contributed by atoms with Crippen molar-refractivity contribution in [2.24, 2.45) is 5.73 Å². The van der Waals surface area contributed by atoms with Gasteiger partial charge in [0.25, 0.3) is 0 Å². The first-order chi connectivity index (χ1) is 6.84. The summed E-state index contributed by atoms with van der Waals surface area (Å²) in [5, 5.41) is 3.52. The van der Waals surface area contributed by atoms with Gasteiger partial charge in [0.05, 0.1) is 0 Å². The minimum atomic E-state index is 0.765. The molecule has 3 heteroatoms. The lowest BCUT2D eigenvalue weighted by atomic mass is 10.0. The molecule has 84 valence electrons. The van der Waals surface area contributed by atoms with Crippen LogP contribution in [0.4, 0.5) is 0 Å². The van der Waals surface area contributed by atoms with Crippen LogP contribution in [0.1, 0.15) is 32.1 Å². The molecule has 0 bridgehead atoms. The molecule has 1 unspecified atom stereocenters. The molecule has 1 fully saturated rings. The molecule has 0 amide bonds. The highest BCUT2D eigenvalue weighted by molar-refractivity contribution is 4.75. The van der Waals surface area contributed by atoms with Crippen molar-refractivity contribution in [3.05, 3.63) is 0 Å². The molecule has 0 aromatic heterocycles. The Morgan fingerprint density at radius 1 is 1.36 bits per heavy atom. The Morgan fingerprint density at radius 3 is 2.93 bits per heavy atom. The number of nitrogens with two attached hydrogens (primary N) is 1. The van der Waals surface area contributed by atoms with Crippen LogP contribution in [0.2, 0.25) is 0 Å². The minimum absolute atomic E-state index is 0.765. The molecule has 0 aliphatic carbocycles. The molecule has 1 atom stereocenters. The topological polar surface area (TPSA) is 41.3 Å². The predicted octanol–water partition coefficient (Wildman–Crippen LogP) is 0.799. The highest BCUT2D eigenvalue weighted by atomic mass is 15.2. The van der Waals surface area contributed by atoms with Crippen LogP contribution >= 0.6 is 0 Å². The fraction of sp³-hybridized carbons (Fsp3) is 1.00. The van der Waals surface area contributed by atoms with E-state index < -0.39 is 0 Å². The lowest BCUT2D eigenvalue weighted by Crippen LogP contribution is -2.43. The van der Waals surface area contributed by atoms with E-state index in [0.29, 0.717) is 0 Å². The van der Waals surface area contributed by atoms with Crippen LogP contribution in [-0.2, 0) is 0 Å². The number of likely N-dealkylation sites (tertiary alicyclic amines) is 1. The first-order valence-electron chi connectivity index (χ1n) is 5.95. The second kappa shape index (κ2) is 7.21. The third-order valence-electron chi connectivity index (χ3n) is 3.11. The van der Waals surface area contributed by atoms with Gasteiger partial charge in [0.1, 0.15) is 0 Å². The Hall–Kier alpha value is -0.120. The van der Waals surface area contributed by atoms with E-state index in [9.17, 15) is 0 Å². The maximum absolute atomic E-state index is 5.44. The van der Waals surface area contributed by atoms with Crippen molar-refractivity contribution in [3.63, 3.8) is 0 Å². The second-order valence-corrected chi connectivity index (χ2v) is 4.33.